The first-order chi connectivity index (χ1) is 27.4. The van der Waals surface area contributed by atoms with E-state index in [4.69, 9.17) is 10.1 Å². The van der Waals surface area contributed by atoms with E-state index < -0.39 is 0 Å². The predicted molar refractivity (Wildman–Crippen MR) is 243 cm³/mol. The third-order valence-corrected chi connectivity index (χ3v) is 11.7. The van der Waals surface area contributed by atoms with Crippen LogP contribution in [0.3, 0.4) is 0 Å². The Balaban J connectivity index is 0.00000484. The Morgan fingerprint density at radius 1 is 0.525 bits per heavy atom. The van der Waals surface area contributed by atoms with Gasteiger partial charge in [-0.15, -0.1) is 35.0 Å². The van der Waals surface area contributed by atoms with E-state index in [1.54, 1.807) is 0 Å². The number of fused-ring (bicyclic) bond motifs is 6. The van der Waals surface area contributed by atoms with Crippen molar-refractivity contribution in [1.82, 2.24) is 23.9 Å². The van der Waals surface area contributed by atoms with Crippen LogP contribution >= 0.6 is 0 Å². The van der Waals surface area contributed by atoms with Crippen LogP contribution in [0.4, 0.5) is 0 Å². The van der Waals surface area contributed by atoms with Crippen molar-refractivity contribution in [3.63, 3.8) is 0 Å². The maximum Gasteiger partial charge on any atom is 2.00 e. The Hall–Kier alpha value is -5.25. The van der Waals surface area contributed by atoms with Crippen LogP contribution in [0.25, 0.3) is 71.9 Å². The minimum atomic E-state index is -0.227. The van der Waals surface area contributed by atoms with Gasteiger partial charge >= 0.3 is 21.1 Å². The molecule has 4 heterocycles. The third kappa shape index (κ3) is 6.67. The van der Waals surface area contributed by atoms with Gasteiger partial charge in [-0.2, -0.15) is 17.2 Å². The number of hydrogen-bond donors (Lipinski definition) is 0. The molecule has 0 saturated carbocycles. The van der Waals surface area contributed by atoms with Gasteiger partial charge in [-0.05, 0) is 89.2 Å². The van der Waals surface area contributed by atoms with Crippen molar-refractivity contribution in [1.29, 1.82) is 0 Å². The summed E-state index contributed by atoms with van der Waals surface area (Å²) in [6.45, 7) is 27.2. The van der Waals surface area contributed by atoms with Crippen molar-refractivity contribution in [2.45, 2.75) is 99.3 Å². The summed E-state index contributed by atoms with van der Waals surface area (Å²) in [5.74, 6) is 0.890. The molecule has 4 aromatic heterocycles. The summed E-state index contributed by atoms with van der Waals surface area (Å²) < 4.78 is 6.79. The second-order valence-electron chi connectivity index (χ2n) is 19.3. The quantitative estimate of drug-likeness (QED) is 0.165. The van der Waals surface area contributed by atoms with E-state index in [1.807, 2.05) is 6.20 Å². The van der Waals surface area contributed by atoms with Gasteiger partial charge < -0.3 is 9.13 Å². The molecule has 0 aliphatic rings. The van der Waals surface area contributed by atoms with Crippen LogP contribution < -0.4 is 0 Å². The fourth-order valence-corrected chi connectivity index (χ4v) is 9.13. The average Bonchev–Trinajstić information content (AvgIpc) is 3.82. The number of aryl methyl sites for hydroxylation is 3. The van der Waals surface area contributed by atoms with Crippen LogP contribution in [0.5, 0.6) is 0 Å². The third-order valence-electron chi connectivity index (χ3n) is 11.7. The molecule has 5 nitrogen and oxygen atoms in total. The van der Waals surface area contributed by atoms with E-state index in [2.05, 4.69) is 206 Å². The molecule has 0 radical (unpaired) electrons. The zero-order valence-corrected chi connectivity index (χ0v) is 38.6. The van der Waals surface area contributed by atoms with Gasteiger partial charge in [0.15, 0.2) is 0 Å². The normalized spacial score (nSPS) is 12.6. The summed E-state index contributed by atoms with van der Waals surface area (Å²) >= 11 is 0. The topological polar surface area (TPSA) is 40.6 Å². The Morgan fingerprint density at radius 2 is 1.07 bits per heavy atom. The number of para-hydroxylation sites is 2. The van der Waals surface area contributed by atoms with E-state index in [0.29, 0.717) is 0 Å². The Kier molecular flexibility index (Phi) is 9.75. The molecule has 9 aromatic rings. The molecular weight excluding hydrogens is 902 g/mol. The zero-order chi connectivity index (χ0) is 41.1. The minimum Gasteiger partial charge on any atom is -0.358 e. The molecule has 5 aromatic carbocycles. The number of aromatic nitrogens is 5. The number of nitrogens with zero attached hydrogens (tertiary/aromatic N) is 5. The molecule has 6 heteroatoms. The maximum atomic E-state index is 5.55. The van der Waals surface area contributed by atoms with Gasteiger partial charge in [0.25, 0.3) is 0 Å². The SMILES string of the molecule is Cc1cc(C)c(-c2c(C(C)(C)C)nn(-c3[c-]c4c(cc3)c3ccccc3n4-c3[c-]c4c(cc3)c3ccccc3n4-c3cc(C(C)(C)C)ccn3)c2C(C)(C)C)c(C)c1.[Pt+2]. The van der Waals surface area contributed by atoms with Crippen LogP contribution in [0, 0.1) is 32.9 Å². The molecule has 0 atom stereocenters. The summed E-state index contributed by atoms with van der Waals surface area (Å²) in [4.78, 5) is 4.94. The molecule has 0 bridgehead atoms. The van der Waals surface area contributed by atoms with Crippen LogP contribution in [0.2, 0.25) is 0 Å². The standard InChI is InChI=1S/C53H53N5.Pt/c1-32-27-33(2)47(34(3)28-32)48-49(52(7,8)9)55-58(50(48)53(10,11)12)37-22-24-40-38-17-13-15-19-42(38)56(44(40)31-37)36-21-23-41-39-18-14-16-20-43(39)57(45(41)30-36)46-29-35(25-26-54-46)51(4,5)6;/h13-29H,1-12H3;/q-2;+2. The Bertz CT molecular complexity index is 3070. The molecule has 0 fully saturated rings. The number of rotatable bonds is 4. The van der Waals surface area contributed by atoms with Crippen molar-refractivity contribution in [3.8, 4) is 28.3 Å². The van der Waals surface area contributed by atoms with Crippen LogP contribution in [0.15, 0.2) is 103 Å². The first-order valence-corrected chi connectivity index (χ1v) is 20.5. The zero-order valence-electron chi connectivity index (χ0n) is 36.4. The van der Waals surface area contributed by atoms with Gasteiger partial charge in [-0.1, -0.05) is 133 Å². The minimum absolute atomic E-state index is 0. The number of pyridine rings is 1. The van der Waals surface area contributed by atoms with Gasteiger partial charge in [0.2, 0.25) is 0 Å². The summed E-state index contributed by atoms with van der Waals surface area (Å²) in [5, 5.41) is 10.2. The van der Waals surface area contributed by atoms with Crippen molar-refractivity contribution < 1.29 is 21.1 Å². The first-order valence-electron chi connectivity index (χ1n) is 20.5. The molecule has 0 saturated heterocycles. The summed E-state index contributed by atoms with van der Waals surface area (Å²) in [6.07, 6.45) is 1.93. The van der Waals surface area contributed by atoms with Crippen LogP contribution in [-0.2, 0) is 37.3 Å². The van der Waals surface area contributed by atoms with Crippen LogP contribution in [0.1, 0.15) is 96.0 Å². The summed E-state index contributed by atoms with van der Waals surface area (Å²) in [5.41, 5.74) is 15.5. The van der Waals surface area contributed by atoms with Crippen LogP contribution in [-0.4, -0.2) is 23.9 Å². The molecule has 0 amide bonds. The van der Waals surface area contributed by atoms with Gasteiger partial charge in [-0.25, -0.2) is 4.98 Å². The largest absolute Gasteiger partial charge is 2.00 e. The average molecular weight is 955 g/mol. The first kappa shape index (κ1) is 40.5. The molecule has 0 spiro atoms. The molecule has 0 aliphatic heterocycles. The van der Waals surface area contributed by atoms with E-state index >= 15 is 0 Å². The molecule has 59 heavy (non-hydrogen) atoms. The molecule has 0 aliphatic carbocycles. The Labute approximate surface area is 363 Å². The smallest absolute Gasteiger partial charge is 0.358 e. The number of hydrogen-bond acceptors (Lipinski definition) is 2. The summed E-state index contributed by atoms with van der Waals surface area (Å²) in [6, 6.07) is 43.0. The number of benzene rings is 5. The van der Waals surface area contributed by atoms with Gasteiger partial charge in [-0.3, -0.25) is 4.68 Å². The second kappa shape index (κ2) is 14.2. The van der Waals surface area contributed by atoms with Crippen molar-refractivity contribution >= 4 is 43.6 Å². The fraction of sp³-hybridized carbons (Fsp3) is 0.283. The predicted octanol–water partition coefficient (Wildman–Crippen LogP) is 13.5. The molecular formula is C53H53N5Pt. The van der Waals surface area contributed by atoms with E-state index in [-0.39, 0.29) is 37.3 Å². The van der Waals surface area contributed by atoms with Gasteiger partial charge in [0.05, 0.1) is 11.4 Å². The second-order valence-corrected chi connectivity index (χ2v) is 19.3. The Morgan fingerprint density at radius 3 is 1.64 bits per heavy atom. The van der Waals surface area contributed by atoms with Crippen molar-refractivity contribution in [3.05, 3.63) is 149 Å². The monoisotopic (exact) mass is 954 g/mol. The van der Waals surface area contributed by atoms with Crippen molar-refractivity contribution in [2.24, 2.45) is 0 Å². The molecule has 0 N–H and O–H groups in total. The molecule has 300 valence electrons. The van der Waals surface area contributed by atoms with E-state index in [0.717, 1.165) is 55.7 Å². The van der Waals surface area contributed by atoms with Gasteiger partial charge in [0.1, 0.15) is 5.82 Å². The molecule has 9 rings (SSSR count). The van der Waals surface area contributed by atoms with E-state index in [1.165, 1.54) is 49.8 Å². The molecule has 0 unspecified atom stereocenters. The van der Waals surface area contributed by atoms with E-state index in [9.17, 15) is 0 Å². The summed E-state index contributed by atoms with van der Waals surface area (Å²) in [7, 11) is 0. The fourth-order valence-electron chi connectivity index (χ4n) is 9.13. The van der Waals surface area contributed by atoms with Gasteiger partial charge in [0, 0.05) is 33.6 Å². The van der Waals surface area contributed by atoms with Crippen molar-refractivity contribution in [2.75, 3.05) is 0 Å². The maximum absolute atomic E-state index is 5.55.